The quantitative estimate of drug-likeness (QED) is 0.553. The van der Waals surface area contributed by atoms with Crippen LogP contribution in [0.15, 0.2) is 18.3 Å². The van der Waals surface area contributed by atoms with Gasteiger partial charge in [-0.25, -0.2) is 15.0 Å². The van der Waals surface area contributed by atoms with E-state index in [2.05, 4.69) is 9.94 Å². The Morgan fingerprint density at radius 3 is 2.38 bits per heavy atom. The van der Waals surface area contributed by atoms with Crippen molar-refractivity contribution in [1.82, 2.24) is 15.3 Å². The lowest BCUT2D eigenvalue weighted by molar-refractivity contribution is -0.139. The second-order valence-corrected chi connectivity index (χ2v) is 6.25. The third kappa shape index (κ3) is 4.79. The largest absolute Gasteiger partial charge is 0.448 e. The number of amides is 1. The average Bonchev–Trinajstić information content (AvgIpc) is 3.04. The molecule has 1 aromatic heterocycles. The van der Waals surface area contributed by atoms with E-state index in [1.807, 2.05) is 5.48 Å². The molecule has 0 bridgehead atoms. The highest BCUT2D eigenvalue weighted by Crippen LogP contribution is 2.38. The van der Waals surface area contributed by atoms with E-state index in [9.17, 15) is 28.0 Å². The van der Waals surface area contributed by atoms with Crippen LogP contribution in [0, 0.1) is 11.3 Å². The second-order valence-electron chi connectivity index (χ2n) is 5.43. The van der Waals surface area contributed by atoms with Crippen molar-refractivity contribution < 1.29 is 32.3 Å². The number of hydroxylamine groups is 1. The fourth-order valence-electron chi connectivity index (χ4n) is 2.18. The molecule has 0 radical (unpaired) electrons. The summed E-state index contributed by atoms with van der Waals surface area (Å²) in [4.78, 5) is 28.6. The van der Waals surface area contributed by atoms with Gasteiger partial charge in [0.05, 0.1) is 28.9 Å². The molecule has 8 nitrogen and oxygen atoms in total. The summed E-state index contributed by atoms with van der Waals surface area (Å²) in [7, 11) is 1.17. The summed E-state index contributed by atoms with van der Waals surface area (Å²) in [6.45, 7) is 1.23. The zero-order valence-electron chi connectivity index (χ0n) is 14.7. The summed E-state index contributed by atoms with van der Waals surface area (Å²) in [5.41, 5.74) is -0.185. The molecule has 0 spiro atoms. The van der Waals surface area contributed by atoms with Gasteiger partial charge in [0.2, 0.25) is 0 Å². The molecule has 0 aliphatic carbocycles. The van der Waals surface area contributed by atoms with Crippen LogP contribution in [0.25, 0.3) is 5.69 Å². The van der Waals surface area contributed by atoms with E-state index in [0.29, 0.717) is 12.1 Å². The number of ether oxygens (including phenoxy) is 1. The zero-order chi connectivity index (χ0) is 21.9. The van der Waals surface area contributed by atoms with Gasteiger partial charge in [0, 0.05) is 0 Å². The Labute approximate surface area is 171 Å². The molecule has 2 rings (SSSR count). The first-order chi connectivity index (χ1) is 13.5. The van der Waals surface area contributed by atoms with Crippen molar-refractivity contribution >= 4 is 35.1 Å². The van der Waals surface area contributed by atoms with Crippen LogP contribution in [0.4, 0.5) is 13.2 Å². The minimum absolute atomic E-state index is 0.274. The molecule has 1 atom stereocenters. The normalized spacial score (nSPS) is 12.2. The lowest BCUT2D eigenvalue weighted by Crippen LogP contribution is -2.35. The van der Waals surface area contributed by atoms with Crippen LogP contribution in [0.5, 0.6) is 0 Å². The number of carbonyl (C=O) groups is 2. The van der Waals surface area contributed by atoms with Crippen molar-refractivity contribution in [2.75, 3.05) is 7.11 Å². The number of hydrogen-bond acceptors (Lipinski definition) is 6. The number of aromatic nitrogens is 2. The van der Waals surface area contributed by atoms with Crippen molar-refractivity contribution in [3.05, 3.63) is 45.2 Å². The first kappa shape index (κ1) is 22.5. The smallest absolute Gasteiger partial charge is 0.416 e. The molecule has 1 heterocycles. The molecule has 1 amide bonds. The number of hydrogen-bond donors (Lipinski definition) is 1. The van der Waals surface area contributed by atoms with Crippen LogP contribution in [0.3, 0.4) is 0 Å². The Hall–Kier alpha value is -2.81. The maximum Gasteiger partial charge on any atom is 0.416 e. The van der Waals surface area contributed by atoms with Crippen molar-refractivity contribution in [1.29, 1.82) is 5.26 Å². The molecule has 0 saturated carbocycles. The fraction of sp³-hybridized carbons (Fsp3) is 0.250. The molecule has 0 fully saturated rings. The summed E-state index contributed by atoms with van der Waals surface area (Å²) in [5, 5.41) is 12.1. The van der Waals surface area contributed by atoms with E-state index in [-0.39, 0.29) is 11.3 Å². The van der Waals surface area contributed by atoms with Crippen LogP contribution < -0.4 is 5.48 Å². The zero-order valence-corrected chi connectivity index (χ0v) is 16.2. The molecule has 154 valence electrons. The summed E-state index contributed by atoms with van der Waals surface area (Å²) in [6.07, 6.45) is -5.06. The molecular formula is C16H11Cl2F3N4O4. The number of esters is 1. The van der Waals surface area contributed by atoms with Gasteiger partial charge in [0.15, 0.2) is 11.8 Å². The van der Waals surface area contributed by atoms with Gasteiger partial charge in [-0.05, 0) is 19.1 Å². The monoisotopic (exact) mass is 450 g/mol. The minimum Gasteiger partial charge on any atom is -0.448 e. The first-order valence-electron chi connectivity index (χ1n) is 7.59. The van der Waals surface area contributed by atoms with Crippen molar-refractivity contribution in [3.8, 4) is 11.8 Å². The van der Waals surface area contributed by atoms with Gasteiger partial charge in [0.1, 0.15) is 17.3 Å². The SMILES string of the molecule is CONC(=O)C(C)OC(=O)c1c(C#N)cnn1-c1c(Cl)cc(C(F)(F)F)cc1Cl. The number of carbonyl (C=O) groups excluding carboxylic acids is 2. The topological polar surface area (TPSA) is 106 Å². The Morgan fingerprint density at radius 2 is 1.90 bits per heavy atom. The van der Waals surface area contributed by atoms with Gasteiger partial charge >= 0.3 is 12.1 Å². The number of nitrogens with zero attached hydrogens (tertiary/aromatic N) is 3. The highest BCUT2D eigenvalue weighted by Gasteiger charge is 2.33. The Morgan fingerprint density at radius 1 is 1.31 bits per heavy atom. The van der Waals surface area contributed by atoms with Gasteiger partial charge in [-0.1, -0.05) is 23.2 Å². The maximum absolute atomic E-state index is 12.9. The van der Waals surface area contributed by atoms with Crippen LogP contribution in [-0.4, -0.2) is 34.9 Å². The Balaban J connectivity index is 2.53. The lowest BCUT2D eigenvalue weighted by atomic mass is 10.2. The summed E-state index contributed by atoms with van der Waals surface area (Å²) < 4.78 is 44.5. The van der Waals surface area contributed by atoms with Crippen LogP contribution in [0.1, 0.15) is 28.5 Å². The first-order valence-corrected chi connectivity index (χ1v) is 8.35. The highest BCUT2D eigenvalue weighted by atomic mass is 35.5. The van der Waals surface area contributed by atoms with Gasteiger partial charge in [-0.2, -0.15) is 23.5 Å². The molecule has 1 aromatic carbocycles. The molecule has 13 heteroatoms. The molecule has 1 N–H and O–H groups in total. The van der Waals surface area contributed by atoms with Gasteiger partial charge in [0.25, 0.3) is 5.91 Å². The van der Waals surface area contributed by atoms with Crippen LogP contribution >= 0.6 is 23.2 Å². The summed E-state index contributed by atoms with van der Waals surface area (Å²) >= 11 is 11.9. The Bertz CT molecular complexity index is 978. The van der Waals surface area contributed by atoms with E-state index < -0.39 is 45.5 Å². The number of nitriles is 1. The molecule has 29 heavy (non-hydrogen) atoms. The number of alkyl halides is 3. The second kappa shape index (κ2) is 8.69. The van der Waals surface area contributed by atoms with Crippen molar-refractivity contribution in [2.24, 2.45) is 0 Å². The number of halogens is 5. The highest BCUT2D eigenvalue weighted by molar-refractivity contribution is 6.38. The maximum atomic E-state index is 12.9. The van der Waals surface area contributed by atoms with E-state index in [4.69, 9.17) is 27.9 Å². The van der Waals surface area contributed by atoms with Crippen LogP contribution in [0.2, 0.25) is 10.0 Å². The summed E-state index contributed by atoms with van der Waals surface area (Å²) in [5.74, 6) is -1.96. The fourth-order valence-corrected chi connectivity index (χ4v) is 2.83. The van der Waals surface area contributed by atoms with E-state index in [1.54, 1.807) is 6.07 Å². The predicted octanol–water partition coefficient (Wildman–Crippen LogP) is 3.29. The third-order valence-corrected chi connectivity index (χ3v) is 4.07. The molecule has 0 saturated heterocycles. The predicted molar refractivity (Wildman–Crippen MR) is 93.3 cm³/mol. The van der Waals surface area contributed by atoms with Gasteiger partial charge < -0.3 is 4.74 Å². The summed E-state index contributed by atoms with van der Waals surface area (Å²) in [6, 6.07) is 2.89. The molecule has 1 unspecified atom stereocenters. The number of benzene rings is 1. The minimum atomic E-state index is -4.71. The average molecular weight is 451 g/mol. The number of rotatable bonds is 5. The number of nitrogens with one attached hydrogen (secondary N) is 1. The van der Waals surface area contributed by atoms with Crippen molar-refractivity contribution in [3.63, 3.8) is 0 Å². The van der Waals surface area contributed by atoms with E-state index >= 15 is 0 Å². The van der Waals surface area contributed by atoms with E-state index in [0.717, 1.165) is 10.9 Å². The van der Waals surface area contributed by atoms with E-state index in [1.165, 1.54) is 14.0 Å². The van der Waals surface area contributed by atoms with Gasteiger partial charge in [-0.15, -0.1) is 0 Å². The standard InChI is InChI=1S/C16H11Cl2F3N4O4/c1-7(14(26)24-28-2)29-15(27)12-8(5-22)6-23-25(12)13-10(17)3-9(4-11(13)18)16(19,20)21/h3-4,6-7H,1-2H3,(H,24,26). The van der Waals surface area contributed by atoms with Crippen molar-refractivity contribution in [2.45, 2.75) is 19.2 Å². The lowest BCUT2D eigenvalue weighted by Gasteiger charge is -2.16. The third-order valence-electron chi connectivity index (χ3n) is 3.49. The molecular weight excluding hydrogens is 440 g/mol. The Kier molecular flexibility index (Phi) is 6.73. The molecule has 0 aliphatic rings. The molecule has 2 aromatic rings. The molecule has 0 aliphatic heterocycles. The van der Waals surface area contributed by atoms with Crippen LogP contribution in [-0.2, 0) is 20.5 Å². The van der Waals surface area contributed by atoms with Gasteiger partial charge in [-0.3, -0.25) is 9.63 Å².